The summed E-state index contributed by atoms with van der Waals surface area (Å²) in [4.78, 5) is 0. The van der Waals surface area contributed by atoms with Crippen molar-refractivity contribution in [3.63, 3.8) is 0 Å². The first-order chi connectivity index (χ1) is 11.9. The van der Waals surface area contributed by atoms with Crippen LogP contribution in [0, 0.1) is 0 Å². The molecule has 0 spiro atoms. The maximum atomic E-state index is 8.54. The fourth-order valence-corrected chi connectivity index (χ4v) is 2.05. The molecule has 24 heavy (non-hydrogen) atoms. The van der Waals surface area contributed by atoms with E-state index in [0.717, 1.165) is 50.1 Å². The minimum Gasteiger partial charge on any atom is -0.396 e. The molecule has 0 aliphatic heterocycles. The molecule has 0 fully saturated rings. The summed E-state index contributed by atoms with van der Waals surface area (Å²) in [6.45, 7) is 2.45. The van der Waals surface area contributed by atoms with E-state index in [0.29, 0.717) is 0 Å². The quantitative estimate of drug-likeness (QED) is 0.501. The zero-order valence-electron chi connectivity index (χ0n) is 14.3. The fourth-order valence-electron chi connectivity index (χ4n) is 2.05. The highest BCUT2D eigenvalue weighted by molar-refractivity contribution is 5.42. The molecule has 132 valence electrons. The number of benzene rings is 2. The molecule has 0 heterocycles. The topological polar surface area (TPSA) is 64.5 Å². The molecule has 4 N–H and O–H groups in total. The highest BCUT2D eigenvalue weighted by Crippen LogP contribution is 2.05. The number of nitrogens with one attached hydrogen (secondary N) is 2. The molecule has 0 saturated carbocycles. The van der Waals surface area contributed by atoms with Gasteiger partial charge >= 0.3 is 0 Å². The summed E-state index contributed by atoms with van der Waals surface area (Å²) in [5, 5.41) is 23.6. The van der Waals surface area contributed by atoms with Crippen LogP contribution in [0.5, 0.6) is 0 Å². The highest BCUT2D eigenvalue weighted by Gasteiger charge is 1.89. The Morgan fingerprint density at radius 2 is 0.917 bits per heavy atom. The molecule has 0 saturated heterocycles. The van der Waals surface area contributed by atoms with E-state index in [2.05, 4.69) is 10.6 Å². The number of unbranched alkanes of at least 4 members (excludes halogenated alkanes) is 2. The van der Waals surface area contributed by atoms with Gasteiger partial charge in [-0.2, -0.15) is 0 Å². The summed E-state index contributed by atoms with van der Waals surface area (Å²) in [5.41, 5.74) is 2.30. The molecule has 0 aliphatic rings. The van der Waals surface area contributed by atoms with Crippen LogP contribution >= 0.6 is 0 Å². The van der Waals surface area contributed by atoms with Crippen molar-refractivity contribution in [2.75, 3.05) is 36.9 Å². The van der Waals surface area contributed by atoms with Gasteiger partial charge in [0.2, 0.25) is 0 Å². The second kappa shape index (κ2) is 14.5. The Bertz CT molecular complexity index is 444. The van der Waals surface area contributed by atoms with E-state index in [1.807, 2.05) is 60.7 Å². The Labute approximate surface area is 145 Å². The van der Waals surface area contributed by atoms with E-state index in [-0.39, 0.29) is 13.2 Å². The number of aliphatic hydroxyl groups is 2. The van der Waals surface area contributed by atoms with Crippen molar-refractivity contribution < 1.29 is 10.2 Å². The van der Waals surface area contributed by atoms with Crippen molar-refractivity contribution in [2.24, 2.45) is 0 Å². The monoisotopic (exact) mass is 330 g/mol. The summed E-state index contributed by atoms with van der Waals surface area (Å²) in [7, 11) is 0. The molecule has 2 aromatic rings. The Hall–Kier alpha value is -2.04. The van der Waals surface area contributed by atoms with Crippen LogP contribution < -0.4 is 10.6 Å². The molecule has 0 atom stereocenters. The van der Waals surface area contributed by atoms with Crippen LogP contribution in [0.3, 0.4) is 0 Å². The molecule has 0 amide bonds. The lowest BCUT2D eigenvalue weighted by atomic mass is 10.3. The molecule has 2 aromatic carbocycles. The van der Waals surface area contributed by atoms with Gasteiger partial charge in [0.15, 0.2) is 0 Å². The van der Waals surface area contributed by atoms with Crippen molar-refractivity contribution in [1.29, 1.82) is 0 Å². The van der Waals surface area contributed by atoms with Crippen LogP contribution in [0.1, 0.15) is 25.7 Å². The summed E-state index contributed by atoms with van der Waals surface area (Å²) in [6.07, 6.45) is 3.79. The molecule has 0 radical (unpaired) electrons. The normalized spacial score (nSPS) is 9.75. The highest BCUT2D eigenvalue weighted by atomic mass is 16.3. The van der Waals surface area contributed by atoms with Crippen LogP contribution in [0.15, 0.2) is 60.7 Å². The molecule has 0 aromatic heterocycles. The maximum Gasteiger partial charge on any atom is 0.0431 e. The zero-order valence-corrected chi connectivity index (χ0v) is 14.3. The summed E-state index contributed by atoms with van der Waals surface area (Å²) in [6, 6.07) is 20.2. The Kier molecular flexibility index (Phi) is 12.1. The molecule has 0 unspecified atom stereocenters. The lowest BCUT2D eigenvalue weighted by molar-refractivity contribution is 0.286. The smallest absolute Gasteiger partial charge is 0.0431 e. The van der Waals surface area contributed by atoms with Gasteiger partial charge in [-0.1, -0.05) is 36.4 Å². The van der Waals surface area contributed by atoms with Crippen LogP contribution in [0.2, 0.25) is 0 Å². The van der Waals surface area contributed by atoms with Crippen LogP contribution in [-0.4, -0.2) is 36.5 Å². The van der Waals surface area contributed by atoms with Crippen LogP contribution in [-0.2, 0) is 0 Å². The summed E-state index contributed by atoms with van der Waals surface area (Å²) < 4.78 is 0. The van der Waals surface area contributed by atoms with Gasteiger partial charge in [0.05, 0.1) is 0 Å². The van der Waals surface area contributed by atoms with Crippen molar-refractivity contribution in [2.45, 2.75) is 25.7 Å². The average Bonchev–Trinajstić information content (AvgIpc) is 2.65. The summed E-state index contributed by atoms with van der Waals surface area (Å²) >= 11 is 0. The standard InChI is InChI=1S/2C10H15NO/c2*12-9-5-4-8-11-10-6-2-1-3-7-10/h2*1-3,6-7,11-12H,4-5,8-9H2. The van der Waals surface area contributed by atoms with Crippen molar-refractivity contribution in [3.8, 4) is 0 Å². The molecule has 4 heteroatoms. The number of para-hydroxylation sites is 2. The van der Waals surface area contributed by atoms with Gasteiger partial charge in [0.25, 0.3) is 0 Å². The SMILES string of the molecule is OCCCCNc1ccccc1.OCCCCNc1ccccc1. The first kappa shape index (κ1) is 20.0. The minimum absolute atomic E-state index is 0.288. The number of hydrogen-bond acceptors (Lipinski definition) is 4. The van der Waals surface area contributed by atoms with Gasteiger partial charge in [-0.3, -0.25) is 0 Å². The third-order valence-corrected chi connectivity index (χ3v) is 3.38. The van der Waals surface area contributed by atoms with Gasteiger partial charge < -0.3 is 20.8 Å². The van der Waals surface area contributed by atoms with Gasteiger partial charge in [0.1, 0.15) is 0 Å². The fraction of sp³-hybridized carbons (Fsp3) is 0.400. The van der Waals surface area contributed by atoms with E-state index < -0.39 is 0 Å². The molecule has 0 aliphatic carbocycles. The van der Waals surface area contributed by atoms with Crippen molar-refractivity contribution >= 4 is 11.4 Å². The average molecular weight is 330 g/mol. The molecule has 2 rings (SSSR count). The van der Waals surface area contributed by atoms with E-state index in [4.69, 9.17) is 10.2 Å². The maximum absolute atomic E-state index is 8.54. The van der Waals surface area contributed by atoms with Crippen LogP contribution in [0.25, 0.3) is 0 Å². The van der Waals surface area contributed by atoms with Gasteiger partial charge in [-0.15, -0.1) is 0 Å². The van der Waals surface area contributed by atoms with Crippen LogP contribution in [0.4, 0.5) is 11.4 Å². The largest absolute Gasteiger partial charge is 0.396 e. The zero-order chi connectivity index (χ0) is 17.3. The second-order valence-corrected chi connectivity index (χ2v) is 5.45. The second-order valence-electron chi connectivity index (χ2n) is 5.45. The molecule has 0 bridgehead atoms. The van der Waals surface area contributed by atoms with E-state index in [1.54, 1.807) is 0 Å². The Morgan fingerprint density at radius 3 is 1.25 bits per heavy atom. The van der Waals surface area contributed by atoms with Crippen molar-refractivity contribution in [3.05, 3.63) is 60.7 Å². The molecular formula is C20H30N2O2. The molecule has 4 nitrogen and oxygen atoms in total. The minimum atomic E-state index is 0.288. The van der Waals surface area contributed by atoms with Gasteiger partial charge in [-0.25, -0.2) is 0 Å². The van der Waals surface area contributed by atoms with E-state index in [9.17, 15) is 0 Å². The van der Waals surface area contributed by atoms with Crippen molar-refractivity contribution in [1.82, 2.24) is 0 Å². The summed E-state index contributed by atoms with van der Waals surface area (Å²) in [5.74, 6) is 0. The predicted molar refractivity (Wildman–Crippen MR) is 103 cm³/mol. The lowest BCUT2D eigenvalue weighted by Crippen LogP contribution is -2.01. The number of hydrogen-bond donors (Lipinski definition) is 4. The van der Waals surface area contributed by atoms with Gasteiger partial charge in [-0.05, 0) is 49.9 Å². The number of aliphatic hydroxyl groups excluding tert-OH is 2. The first-order valence-electron chi connectivity index (χ1n) is 8.66. The number of anilines is 2. The molecular weight excluding hydrogens is 300 g/mol. The van der Waals surface area contributed by atoms with E-state index in [1.165, 1.54) is 0 Å². The lowest BCUT2D eigenvalue weighted by Gasteiger charge is -2.04. The predicted octanol–water partition coefficient (Wildman–Crippen LogP) is 3.74. The Morgan fingerprint density at radius 1 is 0.542 bits per heavy atom. The third-order valence-electron chi connectivity index (χ3n) is 3.38. The van der Waals surface area contributed by atoms with Gasteiger partial charge in [0, 0.05) is 37.7 Å². The van der Waals surface area contributed by atoms with E-state index >= 15 is 0 Å². The third kappa shape index (κ3) is 10.6. The first-order valence-corrected chi connectivity index (χ1v) is 8.66. The Balaban J connectivity index is 0.000000240. The number of rotatable bonds is 10.